The summed E-state index contributed by atoms with van der Waals surface area (Å²) in [6.45, 7) is 2.00. The highest BCUT2D eigenvalue weighted by molar-refractivity contribution is 7.80. The Bertz CT molecular complexity index is 342. The van der Waals surface area contributed by atoms with E-state index in [1.165, 1.54) is 0 Å². The van der Waals surface area contributed by atoms with Crippen LogP contribution in [0.1, 0.15) is 17.2 Å². The van der Waals surface area contributed by atoms with E-state index >= 15 is 0 Å². The van der Waals surface area contributed by atoms with E-state index in [4.69, 9.17) is 15.2 Å². The maximum atomic E-state index is 5.94. The maximum absolute atomic E-state index is 5.94. The summed E-state index contributed by atoms with van der Waals surface area (Å²) in [4.78, 5) is 0. The van der Waals surface area contributed by atoms with Crippen molar-refractivity contribution in [3.63, 3.8) is 0 Å². The van der Waals surface area contributed by atoms with Crippen LogP contribution >= 0.6 is 12.6 Å². The average molecular weight is 227 g/mol. The van der Waals surface area contributed by atoms with Gasteiger partial charge < -0.3 is 15.2 Å². The van der Waals surface area contributed by atoms with Gasteiger partial charge in [0.2, 0.25) is 0 Å². The Morgan fingerprint density at radius 1 is 1.27 bits per heavy atom. The van der Waals surface area contributed by atoms with Crippen molar-refractivity contribution >= 4 is 12.6 Å². The molecule has 1 atom stereocenters. The minimum absolute atomic E-state index is 0.0758. The standard InChI is InChI=1S/C11H17NO2S/c1-7-4-10(13-2)11(14-3)5-8(7)9(12)6-15/h4-5,9,15H,6,12H2,1-3H3. The lowest BCUT2D eigenvalue weighted by Crippen LogP contribution is -2.13. The SMILES string of the molecule is COc1cc(C)c(C(N)CS)cc1OC. The molecule has 0 fully saturated rings. The van der Waals surface area contributed by atoms with E-state index in [1.807, 2.05) is 19.1 Å². The van der Waals surface area contributed by atoms with Crippen LogP contribution in [-0.4, -0.2) is 20.0 Å². The molecule has 4 heteroatoms. The fraction of sp³-hybridized carbons (Fsp3) is 0.455. The van der Waals surface area contributed by atoms with Crippen LogP contribution in [0.15, 0.2) is 12.1 Å². The quantitative estimate of drug-likeness (QED) is 0.773. The number of hydrogen-bond acceptors (Lipinski definition) is 4. The second-order valence-corrected chi connectivity index (χ2v) is 3.72. The van der Waals surface area contributed by atoms with Crippen molar-refractivity contribution in [2.75, 3.05) is 20.0 Å². The smallest absolute Gasteiger partial charge is 0.161 e. The van der Waals surface area contributed by atoms with Crippen LogP contribution in [0.2, 0.25) is 0 Å². The number of methoxy groups -OCH3 is 2. The zero-order chi connectivity index (χ0) is 11.4. The van der Waals surface area contributed by atoms with E-state index in [-0.39, 0.29) is 6.04 Å². The van der Waals surface area contributed by atoms with Gasteiger partial charge in [0.05, 0.1) is 14.2 Å². The summed E-state index contributed by atoms with van der Waals surface area (Å²) in [5, 5.41) is 0. The third-order valence-electron chi connectivity index (χ3n) is 2.37. The third kappa shape index (κ3) is 2.58. The molecule has 0 saturated heterocycles. The van der Waals surface area contributed by atoms with Crippen molar-refractivity contribution in [1.82, 2.24) is 0 Å². The fourth-order valence-corrected chi connectivity index (χ4v) is 1.69. The molecule has 1 aromatic carbocycles. The molecular formula is C11H17NO2S. The second kappa shape index (κ2) is 5.28. The van der Waals surface area contributed by atoms with E-state index in [0.29, 0.717) is 11.5 Å². The van der Waals surface area contributed by atoms with E-state index in [1.54, 1.807) is 14.2 Å². The minimum atomic E-state index is -0.0758. The van der Waals surface area contributed by atoms with Crippen molar-refractivity contribution in [3.05, 3.63) is 23.3 Å². The topological polar surface area (TPSA) is 44.5 Å². The molecule has 0 saturated carbocycles. The van der Waals surface area contributed by atoms with Crippen LogP contribution in [0, 0.1) is 6.92 Å². The minimum Gasteiger partial charge on any atom is -0.493 e. The number of aryl methyl sites for hydroxylation is 1. The van der Waals surface area contributed by atoms with Gasteiger partial charge in [0.1, 0.15) is 0 Å². The molecule has 15 heavy (non-hydrogen) atoms. The van der Waals surface area contributed by atoms with Gasteiger partial charge in [0.25, 0.3) is 0 Å². The lowest BCUT2D eigenvalue weighted by Gasteiger charge is -2.16. The number of rotatable bonds is 4. The van der Waals surface area contributed by atoms with Crippen LogP contribution in [0.5, 0.6) is 11.5 Å². The average Bonchev–Trinajstić information content (AvgIpc) is 2.27. The molecule has 0 aliphatic carbocycles. The normalized spacial score (nSPS) is 12.3. The Hall–Kier alpha value is -0.870. The van der Waals surface area contributed by atoms with Crippen LogP contribution < -0.4 is 15.2 Å². The van der Waals surface area contributed by atoms with Crippen LogP contribution in [0.3, 0.4) is 0 Å². The molecule has 2 N–H and O–H groups in total. The fourth-order valence-electron chi connectivity index (χ4n) is 1.49. The Morgan fingerprint density at radius 3 is 2.27 bits per heavy atom. The Balaban J connectivity index is 3.19. The van der Waals surface area contributed by atoms with E-state index in [0.717, 1.165) is 16.9 Å². The van der Waals surface area contributed by atoms with Crippen LogP contribution in [-0.2, 0) is 0 Å². The van der Waals surface area contributed by atoms with Gasteiger partial charge in [0.15, 0.2) is 11.5 Å². The van der Waals surface area contributed by atoms with Crippen molar-refractivity contribution in [3.8, 4) is 11.5 Å². The molecule has 0 spiro atoms. The van der Waals surface area contributed by atoms with Gasteiger partial charge in [-0.05, 0) is 30.2 Å². The molecule has 1 unspecified atom stereocenters. The van der Waals surface area contributed by atoms with Crippen molar-refractivity contribution in [2.45, 2.75) is 13.0 Å². The van der Waals surface area contributed by atoms with E-state index in [9.17, 15) is 0 Å². The summed E-state index contributed by atoms with van der Waals surface area (Å²) in [6.07, 6.45) is 0. The van der Waals surface area contributed by atoms with Gasteiger partial charge in [-0.1, -0.05) is 0 Å². The number of ether oxygens (including phenoxy) is 2. The predicted octanol–water partition coefficient (Wildman–Crippen LogP) is 1.94. The van der Waals surface area contributed by atoms with Crippen LogP contribution in [0.25, 0.3) is 0 Å². The monoisotopic (exact) mass is 227 g/mol. The lowest BCUT2D eigenvalue weighted by molar-refractivity contribution is 0.354. The Morgan fingerprint density at radius 2 is 1.80 bits per heavy atom. The molecule has 0 heterocycles. The summed E-state index contributed by atoms with van der Waals surface area (Å²) < 4.78 is 10.4. The summed E-state index contributed by atoms with van der Waals surface area (Å²) in [5.74, 6) is 2.04. The van der Waals surface area contributed by atoms with Gasteiger partial charge in [-0.2, -0.15) is 12.6 Å². The first-order valence-corrected chi connectivity index (χ1v) is 5.36. The van der Waals surface area contributed by atoms with Gasteiger partial charge >= 0.3 is 0 Å². The highest BCUT2D eigenvalue weighted by Gasteiger charge is 2.12. The summed E-state index contributed by atoms with van der Waals surface area (Å²) in [6, 6.07) is 3.76. The molecule has 0 amide bonds. The molecule has 84 valence electrons. The lowest BCUT2D eigenvalue weighted by atomic mass is 10.0. The summed E-state index contributed by atoms with van der Waals surface area (Å²) in [7, 11) is 3.23. The predicted molar refractivity (Wildman–Crippen MR) is 65.1 cm³/mol. The number of thiol groups is 1. The first-order valence-electron chi connectivity index (χ1n) is 4.73. The highest BCUT2D eigenvalue weighted by atomic mass is 32.1. The molecule has 0 aromatic heterocycles. The first kappa shape index (κ1) is 12.2. The molecule has 0 bridgehead atoms. The highest BCUT2D eigenvalue weighted by Crippen LogP contribution is 2.32. The zero-order valence-electron chi connectivity index (χ0n) is 9.28. The molecule has 1 rings (SSSR count). The molecule has 0 aliphatic heterocycles. The van der Waals surface area contributed by atoms with E-state index in [2.05, 4.69) is 12.6 Å². The Labute approximate surface area is 96.0 Å². The van der Waals surface area contributed by atoms with E-state index < -0.39 is 0 Å². The number of benzene rings is 1. The van der Waals surface area contributed by atoms with Crippen molar-refractivity contribution in [2.24, 2.45) is 5.73 Å². The molecule has 0 radical (unpaired) electrons. The number of hydrogen-bond donors (Lipinski definition) is 2. The second-order valence-electron chi connectivity index (χ2n) is 3.35. The molecule has 3 nitrogen and oxygen atoms in total. The van der Waals surface area contributed by atoms with Crippen LogP contribution in [0.4, 0.5) is 0 Å². The first-order chi connectivity index (χ1) is 7.13. The van der Waals surface area contributed by atoms with Crippen molar-refractivity contribution < 1.29 is 9.47 Å². The molecular weight excluding hydrogens is 210 g/mol. The van der Waals surface area contributed by atoms with Gasteiger partial charge in [-0.15, -0.1) is 0 Å². The summed E-state index contributed by atoms with van der Waals surface area (Å²) in [5.41, 5.74) is 8.07. The maximum Gasteiger partial charge on any atom is 0.161 e. The van der Waals surface area contributed by atoms with Gasteiger partial charge in [0, 0.05) is 11.8 Å². The molecule has 0 aliphatic rings. The number of nitrogens with two attached hydrogens (primary N) is 1. The van der Waals surface area contributed by atoms with Gasteiger partial charge in [-0.25, -0.2) is 0 Å². The molecule has 1 aromatic rings. The van der Waals surface area contributed by atoms with Crippen molar-refractivity contribution in [1.29, 1.82) is 0 Å². The Kier molecular flexibility index (Phi) is 4.29. The third-order valence-corrected chi connectivity index (χ3v) is 2.76. The van der Waals surface area contributed by atoms with Gasteiger partial charge in [-0.3, -0.25) is 0 Å². The largest absolute Gasteiger partial charge is 0.493 e. The zero-order valence-corrected chi connectivity index (χ0v) is 10.2. The summed E-state index contributed by atoms with van der Waals surface area (Å²) >= 11 is 4.19.